The van der Waals surface area contributed by atoms with Gasteiger partial charge in [0.2, 0.25) is 0 Å². The van der Waals surface area contributed by atoms with Crippen molar-refractivity contribution in [2.45, 2.75) is 90.1 Å². The van der Waals surface area contributed by atoms with E-state index in [1.165, 1.54) is 44.8 Å². The summed E-state index contributed by atoms with van der Waals surface area (Å²) in [6, 6.07) is 1.36. The van der Waals surface area contributed by atoms with Crippen LogP contribution in [-0.4, -0.2) is 25.9 Å². The van der Waals surface area contributed by atoms with Gasteiger partial charge in [0.15, 0.2) is 0 Å². The first-order valence-corrected chi connectivity index (χ1v) is 13.4. The van der Waals surface area contributed by atoms with Crippen LogP contribution < -0.4 is 24.8 Å². The molecule has 5 heteroatoms. The minimum atomic E-state index is -1.42. The van der Waals surface area contributed by atoms with E-state index in [1.807, 2.05) is 0 Å². The molecule has 25 heavy (non-hydrogen) atoms. The first-order chi connectivity index (χ1) is 10.6. The van der Waals surface area contributed by atoms with Gasteiger partial charge >= 0.3 is 159 Å². The summed E-state index contributed by atoms with van der Waals surface area (Å²) in [4.78, 5) is 0. The summed E-state index contributed by atoms with van der Waals surface area (Å²) in [6.45, 7) is 21.8. The summed E-state index contributed by atoms with van der Waals surface area (Å²) in [5, 5.41) is 0. The molecule has 0 fully saturated rings. The van der Waals surface area contributed by atoms with Gasteiger partial charge in [-0.2, -0.15) is 0 Å². The van der Waals surface area contributed by atoms with Crippen molar-refractivity contribution in [3.05, 3.63) is 22.3 Å². The summed E-state index contributed by atoms with van der Waals surface area (Å²) in [6.07, 6.45) is 5.30. The maximum Gasteiger partial charge on any atom is -1.00 e. The molecule has 0 amide bonds. The molecule has 1 nitrogen and oxygen atoms in total. The molecule has 0 radical (unpaired) electrons. The molecule has 0 unspecified atom stereocenters. The van der Waals surface area contributed by atoms with Gasteiger partial charge in [-0.25, -0.2) is 0 Å². The standard InChI is InChI=1S/C20H38NSi.2ClH.Ti/c1-9-11-13-21(14-12-10-2)22(7,8)15-20-18(5)16(3)17(4)19(20)6;;;/h9-15H2,1-8H3;2*1H;/q;;;+2/p-2. The predicted molar refractivity (Wildman–Crippen MR) is 103 cm³/mol. The molecular formula is C20H38Cl2NSiTi. The maximum absolute atomic E-state index is 2.90. The normalized spacial score (nSPS) is 17.1. The molecule has 0 bridgehead atoms. The molecule has 0 spiro atoms. The Hall–Kier alpha value is 0.951. The second kappa shape index (κ2) is 11.7. The molecular weight excluding hydrogens is 401 g/mol. The molecule has 1 aliphatic rings. The maximum atomic E-state index is 2.90. The number of unbranched alkanes of at least 4 members (excludes halogenated alkanes) is 2. The van der Waals surface area contributed by atoms with Crippen LogP contribution in [0.1, 0.15) is 67.2 Å². The second-order valence-electron chi connectivity index (χ2n) is 8.09. The zero-order valence-corrected chi connectivity index (χ0v) is 21.7. The molecule has 0 atom stereocenters. The van der Waals surface area contributed by atoms with Crippen LogP contribution in [0.2, 0.25) is 22.9 Å². The number of allylic oxidation sites excluding steroid dienone is 4. The monoisotopic (exact) mass is 438 g/mol. The molecule has 145 valence electrons. The van der Waals surface area contributed by atoms with Gasteiger partial charge in [-0.3, -0.25) is 0 Å². The average Bonchev–Trinajstić information content (AvgIpc) is 2.62. The molecule has 1 aliphatic carbocycles. The molecule has 1 rings (SSSR count). The van der Waals surface area contributed by atoms with E-state index in [1.54, 1.807) is 22.3 Å². The fraction of sp³-hybridized carbons (Fsp3) is 0.800. The molecule has 0 aromatic heterocycles. The molecule has 0 N–H and O–H groups in total. The van der Waals surface area contributed by atoms with E-state index in [9.17, 15) is 0 Å². The van der Waals surface area contributed by atoms with Crippen molar-refractivity contribution < 1.29 is 45.2 Å². The van der Waals surface area contributed by atoms with Crippen LogP contribution in [0, 0.1) is 0 Å². The summed E-state index contributed by atoms with van der Waals surface area (Å²) < 4.78 is 3.19. The fourth-order valence-corrected chi connectivity index (χ4v) is 10.1. The smallest absolute Gasteiger partial charge is 1.00 e. The van der Waals surface area contributed by atoms with E-state index in [0.29, 0.717) is 3.72 Å². The molecule has 0 heterocycles. The third kappa shape index (κ3) is 6.50. The quantitative estimate of drug-likeness (QED) is 0.473. The predicted octanol–water partition coefficient (Wildman–Crippen LogP) is 0.494. The van der Waals surface area contributed by atoms with Gasteiger partial charge < -0.3 is 24.8 Å². The molecule has 0 aromatic rings. The minimum Gasteiger partial charge on any atom is -1.00 e. The van der Waals surface area contributed by atoms with Crippen LogP contribution in [0.4, 0.5) is 0 Å². The third-order valence-electron chi connectivity index (χ3n) is 6.08. The van der Waals surface area contributed by atoms with Crippen molar-refractivity contribution in [2.75, 3.05) is 13.1 Å². The largest absolute Gasteiger partial charge is 1.00 e. The zero-order valence-electron chi connectivity index (χ0n) is 17.7. The number of nitrogens with zero attached hydrogens (tertiary/aromatic N) is 1. The van der Waals surface area contributed by atoms with Gasteiger partial charge in [0.25, 0.3) is 0 Å². The number of halogens is 2. The van der Waals surface area contributed by atoms with Gasteiger partial charge in [-0.05, 0) is 0 Å². The minimum absolute atomic E-state index is 0. The van der Waals surface area contributed by atoms with Crippen LogP contribution in [0.5, 0.6) is 0 Å². The van der Waals surface area contributed by atoms with E-state index < -0.39 is 8.24 Å². The summed E-state index contributed by atoms with van der Waals surface area (Å²) in [5.41, 5.74) is 6.34. The van der Waals surface area contributed by atoms with Gasteiger partial charge in [0, 0.05) is 0 Å². The number of hydrogen-bond donors (Lipinski definition) is 0. The number of hydrogen-bond acceptors (Lipinski definition) is 1. The van der Waals surface area contributed by atoms with E-state index >= 15 is 0 Å². The van der Waals surface area contributed by atoms with Crippen LogP contribution in [0.15, 0.2) is 22.3 Å². The Morgan fingerprint density at radius 3 is 1.52 bits per heavy atom. The van der Waals surface area contributed by atoms with E-state index in [2.05, 4.69) is 79.6 Å². The molecule has 0 aromatic carbocycles. The Bertz CT molecular complexity index is 454. The first-order valence-electron chi connectivity index (χ1n) is 9.48. The third-order valence-corrected chi connectivity index (χ3v) is 11.6. The first kappa shape index (κ1) is 28.2. The Kier molecular flexibility index (Phi) is 13.2. The van der Waals surface area contributed by atoms with Crippen molar-refractivity contribution in [3.8, 4) is 0 Å². The Morgan fingerprint density at radius 1 is 0.840 bits per heavy atom. The van der Waals surface area contributed by atoms with Crippen molar-refractivity contribution in [1.29, 1.82) is 0 Å². The van der Waals surface area contributed by atoms with Crippen molar-refractivity contribution in [3.63, 3.8) is 0 Å². The number of rotatable bonds is 9. The Balaban J connectivity index is 0. The van der Waals surface area contributed by atoms with Crippen molar-refractivity contribution in [1.82, 2.24) is 4.57 Å². The zero-order chi connectivity index (χ0) is 17.8. The van der Waals surface area contributed by atoms with Gasteiger partial charge in [-0.15, -0.1) is 0 Å². The van der Waals surface area contributed by atoms with Crippen molar-refractivity contribution >= 4 is 8.24 Å². The van der Waals surface area contributed by atoms with Crippen LogP contribution in [-0.2, 0) is 20.4 Å². The topological polar surface area (TPSA) is 3.24 Å². The summed E-state index contributed by atoms with van der Waals surface area (Å²) >= 11 is 2.50. The van der Waals surface area contributed by atoms with Crippen LogP contribution >= 0.6 is 0 Å². The van der Waals surface area contributed by atoms with Gasteiger partial charge in [0.1, 0.15) is 0 Å². The summed E-state index contributed by atoms with van der Waals surface area (Å²) in [5.74, 6) is 0. The fourth-order valence-electron chi connectivity index (χ4n) is 3.92. The van der Waals surface area contributed by atoms with Gasteiger partial charge in [0.05, 0.1) is 0 Å². The van der Waals surface area contributed by atoms with E-state index in [0.717, 1.165) is 0 Å². The van der Waals surface area contributed by atoms with Crippen LogP contribution in [0.25, 0.3) is 0 Å². The molecule has 0 saturated carbocycles. The molecule has 0 saturated heterocycles. The Labute approximate surface area is 182 Å². The van der Waals surface area contributed by atoms with E-state index in [-0.39, 0.29) is 24.8 Å². The summed E-state index contributed by atoms with van der Waals surface area (Å²) in [7, 11) is -1.42. The van der Waals surface area contributed by atoms with Crippen LogP contribution in [0.3, 0.4) is 0 Å². The molecule has 0 aliphatic heterocycles. The van der Waals surface area contributed by atoms with Gasteiger partial charge in [-0.1, -0.05) is 0 Å². The van der Waals surface area contributed by atoms with Crippen molar-refractivity contribution in [2.24, 2.45) is 0 Å². The Morgan fingerprint density at radius 2 is 1.20 bits per heavy atom. The second-order valence-corrected chi connectivity index (χ2v) is 14.0. The average molecular weight is 439 g/mol. The SMILES string of the molecule is CCCCN(CCCC)[Si](C)(C)C[C]1([Ti+2])C(C)=C(C)C(C)=C1C.[Cl-].[Cl-]. The van der Waals surface area contributed by atoms with E-state index in [4.69, 9.17) is 0 Å².